The van der Waals surface area contributed by atoms with Crippen molar-refractivity contribution in [2.75, 3.05) is 26.6 Å². The monoisotopic (exact) mass is 316 g/mol. The number of benzene rings is 1. The van der Waals surface area contributed by atoms with E-state index in [1.807, 2.05) is 6.92 Å². The van der Waals surface area contributed by atoms with Gasteiger partial charge in [0, 0.05) is 12.7 Å². The Kier molecular flexibility index (Phi) is 4.60. The fraction of sp³-hybridized carbons (Fsp3) is 0.538. The van der Waals surface area contributed by atoms with Crippen molar-refractivity contribution in [1.29, 1.82) is 0 Å². The molecule has 1 aromatic carbocycles. The second-order valence-electron chi connectivity index (χ2n) is 4.84. The van der Waals surface area contributed by atoms with Crippen LogP contribution in [0.25, 0.3) is 0 Å². The Morgan fingerprint density at radius 2 is 1.95 bits per heavy atom. The molecule has 8 heteroatoms. The molecule has 2 rings (SSSR count). The first-order valence-electron chi connectivity index (χ1n) is 6.54. The van der Waals surface area contributed by atoms with E-state index in [0.29, 0.717) is 18.8 Å². The van der Waals surface area contributed by atoms with Gasteiger partial charge in [0.25, 0.3) is 0 Å². The number of hydrogen-bond acceptors (Lipinski definition) is 6. The fourth-order valence-corrected chi connectivity index (χ4v) is 3.78. The molecule has 0 bridgehead atoms. The standard InChI is InChI=1S/C13H20N2O5S/c1-8-10(4-5-20-8)15-21(16,17)13-6-9(14)11(18-2)7-12(13)19-3/h6-8,10,15H,4-5,14H2,1-3H3. The van der Waals surface area contributed by atoms with Crippen LogP contribution in [0.2, 0.25) is 0 Å². The van der Waals surface area contributed by atoms with Gasteiger partial charge in [-0.1, -0.05) is 0 Å². The van der Waals surface area contributed by atoms with Gasteiger partial charge in [0.15, 0.2) is 0 Å². The lowest BCUT2D eigenvalue weighted by Crippen LogP contribution is -2.39. The van der Waals surface area contributed by atoms with Crippen LogP contribution >= 0.6 is 0 Å². The normalized spacial score (nSPS) is 22.2. The Morgan fingerprint density at radius 1 is 1.29 bits per heavy atom. The lowest BCUT2D eigenvalue weighted by Gasteiger charge is -2.18. The van der Waals surface area contributed by atoms with Gasteiger partial charge >= 0.3 is 0 Å². The molecule has 1 aliphatic heterocycles. The van der Waals surface area contributed by atoms with Gasteiger partial charge in [-0.05, 0) is 19.4 Å². The minimum atomic E-state index is -3.76. The summed E-state index contributed by atoms with van der Waals surface area (Å²) in [6.45, 7) is 2.37. The van der Waals surface area contributed by atoms with Gasteiger partial charge in [0.1, 0.15) is 16.4 Å². The summed E-state index contributed by atoms with van der Waals surface area (Å²) in [5.74, 6) is 0.545. The highest BCUT2D eigenvalue weighted by Crippen LogP contribution is 2.34. The van der Waals surface area contributed by atoms with Crippen LogP contribution in [0.4, 0.5) is 5.69 Å². The molecule has 0 aliphatic carbocycles. The number of sulfonamides is 1. The summed E-state index contributed by atoms with van der Waals surface area (Å²) in [5, 5.41) is 0. The van der Waals surface area contributed by atoms with Gasteiger partial charge < -0.3 is 19.9 Å². The molecule has 0 amide bonds. The number of ether oxygens (including phenoxy) is 3. The van der Waals surface area contributed by atoms with Crippen molar-refractivity contribution in [1.82, 2.24) is 4.72 Å². The fourth-order valence-electron chi connectivity index (χ4n) is 2.25. The predicted molar refractivity (Wildman–Crippen MR) is 78.1 cm³/mol. The second kappa shape index (κ2) is 6.08. The molecule has 1 aromatic rings. The molecule has 118 valence electrons. The average molecular weight is 316 g/mol. The number of nitrogens with two attached hydrogens (primary N) is 1. The third-order valence-electron chi connectivity index (χ3n) is 3.49. The SMILES string of the molecule is COc1cc(OC)c(S(=O)(=O)NC2CCOC2C)cc1N. The zero-order valence-corrected chi connectivity index (χ0v) is 13.1. The van der Waals surface area contributed by atoms with Crippen molar-refractivity contribution >= 4 is 15.7 Å². The van der Waals surface area contributed by atoms with Crippen LogP contribution in [-0.4, -0.2) is 41.4 Å². The minimum absolute atomic E-state index is 0.0117. The van der Waals surface area contributed by atoms with E-state index in [1.54, 1.807) is 0 Å². The largest absolute Gasteiger partial charge is 0.495 e. The quantitative estimate of drug-likeness (QED) is 0.777. The van der Waals surface area contributed by atoms with Crippen molar-refractivity contribution in [2.24, 2.45) is 0 Å². The van der Waals surface area contributed by atoms with Gasteiger partial charge in [0.05, 0.1) is 32.1 Å². The third-order valence-corrected chi connectivity index (χ3v) is 5.00. The molecule has 1 fully saturated rings. The molecule has 0 spiro atoms. The van der Waals surface area contributed by atoms with E-state index in [9.17, 15) is 8.42 Å². The summed E-state index contributed by atoms with van der Waals surface area (Å²) in [7, 11) is -0.910. The lowest BCUT2D eigenvalue weighted by molar-refractivity contribution is 0.117. The molecule has 2 unspecified atom stereocenters. The van der Waals surface area contributed by atoms with Gasteiger partial charge in [-0.25, -0.2) is 13.1 Å². The number of rotatable bonds is 5. The molecule has 0 saturated carbocycles. The van der Waals surface area contributed by atoms with Crippen LogP contribution in [0.15, 0.2) is 17.0 Å². The number of nitrogens with one attached hydrogen (secondary N) is 1. The number of methoxy groups -OCH3 is 2. The predicted octanol–water partition coefficient (Wildman–Crippen LogP) is 0.742. The number of hydrogen-bond donors (Lipinski definition) is 2. The Hall–Kier alpha value is -1.51. The molecule has 0 radical (unpaired) electrons. The summed E-state index contributed by atoms with van der Waals surface area (Å²) < 4.78 is 43.2. The van der Waals surface area contributed by atoms with Crippen molar-refractivity contribution < 1.29 is 22.6 Å². The number of anilines is 1. The molecule has 21 heavy (non-hydrogen) atoms. The zero-order valence-electron chi connectivity index (χ0n) is 12.3. The van der Waals surface area contributed by atoms with Crippen LogP contribution in [0.5, 0.6) is 11.5 Å². The van der Waals surface area contributed by atoms with Crippen LogP contribution < -0.4 is 19.9 Å². The minimum Gasteiger partial charge on any atom is -0.495 e. The van der Waals surface area contributed by atoms with Gasteiger partial charge in [-0.15, -0.1) is 0 Å². The molecular formula is C13H20N2O5S. The molecule has 0 aromatic heterocycles. The van der Waals surface area contributed by atoms with E-state index in [4.69, 9.17) is 19.9 Å². The first-order chi connectivity index (χ1) is 9.89. The highest BCUT2D eigenvalue weighted by atomic mass is 32.2. The van der Waals surface area contributed by atoms with Crippen LogP contribution in [0.3, 0.4) is 0 Å². The van der Waals surface area contributed by atoms with Crippen LogP contribution in [0, 0.1) is 0 Å². The van der Waals surface area contributed by atoms with E-state index in [-0.39, 0.29) is 28.5 Å². The van der Waals surface area contributed by atoms with E-state index < -0.39 is 10.0 Å². The molecule has 2 atom stereocenters. The lowest BCUT2D eigenvalue weighted by atomic mass is 10.2. The topological polar surface area (TPSA) is 99.9 Å². The molecule has 1 saturated heterocycles. The first-order valence-corrected chi connectivity index (χ1v) is 8.02. The summed E-state index contributed by atoms with van der Waals surface area (Å²) in [5.41, 5.74) is 6.02. The van der Waals surface area contributed by atoms with Crippen molar-refractivity contribution in [3.8, 4) is 11.5 Å². The highest BCUT2D eigenvalue weighted by Gasteiger charge is 2.31. The summed E-state index contributed by atoms with van der Waals surface area (Å²) >= 11 is 0. The van der Waals surface area contributed by atoms with Crippen molar-refractivity contribution in [3.63, 3.8) is 0 Å². The summed E-state index contributed by atoms with van der Waals surface area (Å²) in [4.78, 5) is -0.0117. The summed E-state index contributed by atoms with van der Waals surface area (Å²) in [6.07, 6.45) is 0.468. The second-order valence-corrected chi connectivity index (χ2v) is 6.52. The van der Waals surface area contributed by atoms with Gasteiger partial charge in [-0.3, -0.25) is 0 Å². The maximum Gasteiger partial charge on any atom is 0.244 e. The Bertz CT molecular complexity index is 617. The third kappa shape index (κ3) is 3.22. The Labute approximate surface area is 124 Å². The molecule has 7 nitrogen and oxygen atoms in total. The van der Waals surface area contributed by atoms with Crippen molar-refractivity contribution in [3.05, 3.63) is 12.1 Å². The first kappa shape index (κ1) is 15.9. The maximum absolute atomic E-state index is 12.5. The van der Waals surface area contributed by atoms with Gasteiger partial charge in [-0.2, -0.15) is 0 Å². The summed E-state index contributed by atoms with van der Waals surface area (Å²) in [6, 6.07) is 2.53. The highest BCUT2D eigenvalue weighted by molar-refractivity contribution is 7.89. The Morgan fingerprint density at radius 3 is 2.48 bits per heavy atom. The zero-order chi connectivity index (χ0) is 15.6. The smallest absolute Gasteiger partial charge is 0.244 e. The van der Waals surface area contributed by atoms with E-state index in [2.05, 4.69) is 4.72 Å². The molecule has 1 heterocycles. The molecular weight excluding hydrogens is 296 g/mol. The van der Waals surface area contributed by atoms with Crippen LogP contribution in [0.1, 0.15) is 13.3 Å². The average Bonchev–Trinajstić information content (AvgIpc) is 2.83. The molecule has 3 N–H and O–H groups in total. The van der Waals surface area contributed by atoms with Crippen molar-refractivity contribution in [2.45, 2.75) is 30.4 Å². The van der Waals surface area contributed by atoms with Gasteiger partial charge in [0.2, 0.25) is 10.0 Å². The van der Waals surface area contributed by atoms with E-state index in [0.717, 1.165) is 0 Å². The molecule has 1 aliphatic rings. The maximum atomic E-state index is 12.5. The number of nitrogen functional groups attached to an aromatic ring is 1. The van der Waals surface area contributed by atoms with Crippen LogP contribution in [-0.2, 0) is 14.8 Å². The van der Waals surface area contributed by atoms with E-state index in [1.165, 1.54) is 26.4 Å². The Balaban J connectivity index is 2.37. The van der Waals surface area contributed by atoms with E-state index >= 15 is 0 Å².